The zero-order valence-corrected chi connectivity index (χ0v) is 13.3. The molecule has 3 aromatic rings. The Labute approximate surface area is 142 Å². The third-order valence-electron chi connectivity index (χ3n) is 3.08. The lowest BCUT2D eigenvalue weighted by molar-refractivity contribution is 0.155. The highest BCUT2D eigenvalue weighted by Crippen LogP contribution is 2.25. The summed E-state index contributed by atoms with van der Waals surface area (Å²) >= 11 is 11.9. The summed E-state index contributed by atoms with van der Waals surface area (Å²) in [7, 11) is 0. The number of benzene rings is 1. The first kappa shape index (κ1) is 15.5. The van der Waals surface area contributed by atoms with Gasteiger partial charge in [0.25, 0.3) is 0 Å². The van der Waals surface area contributed by atoms with Crippen LogP contribution < -0.4 is 5.32 Å². The van der Waals surface area contributed by atoms with E-state index in [-0.39, 0.29) is 16.9 Å². The Morgan fingerprint density at radius 1 is 1.17 bits per heavy atom. The maximum atomic E-state index is 11.8. The number of fused-ring (bicyclic) bond motifs is 1. The van der Waals surface area contributed by atoms with Crippen LogP contribution in [-0.4, -0.2) is 16.1 Å². The molecule has 0 aliphatic heterocycles. The van der Waals surface area contributed by atoms with Gasteiger partial charge in [0.05, 0.1) is 0 Å². The molecular weight excluding hydrogens is 337 g/mol. The van der Waals surface area contributed by atoms with Gasteiger partial charge in [-0.15, -0.1) is 0 Å². The van der Waals surface area contributed by atoms with Gasteiger partial charge in [-0.1, -0.05) is 53.5 Å². The molecule has 2 aromatic heterocycles. The minimum atomic E-state index is -0.591. The average molecular weight is 348 g/mol. The van der Waals surface area contributed by atoms with Crippen molar-refractivity contribution < 1.29 is 9.53 Å². The molecule has 3 rings (SSSR count). The first-order valence-electron chi connectivity index (χ1n) is 6.71. The van der Waals surface area contributed by atoms with E-state index in [2.05, 4.69) is 15.3 Å². The first-order chi connectivity index (χ1) is 11.1. The molecule has 0 spiro atoms. The second kappa shape index (κ2) is 6.81. The van der Waals surface area contributed by atoms with E-state index in [4.69, 9.17) is 27.9 Å². The summed E-state index contributed by atoms with van der Waals surface area (Å²) in [6.45, 7) is 0.182. The van der Waals surface area contributed by atoms with E-state index in [1.54, 1.807) is 12.1 Å². The molecular formula is C16H11Cl2N3O2. The van der Waals surface area contributed by atoms with Gasteiger partial charge in [-0.05, 0) is 23.1 Å². The quantitative estimate of drug-likeness (QED) is 0.698. The summed E-state index contributed by atoms with van der Waals surface area (Å²) < 4.78 is 5.14. The number of aromatic nitrogens is 2. The van der Waals surface area contributed by atoms with E-state index in [0.29, 0.717) is 11.2 Å². The highest BCUT2D eigenvalue weighted by Gasteiger charge is 2.08. The van der Waals surface area contributed by atoms with Crippen molar-refractivity contribution in [3.05, 3.63) is 64.5 Å². The number of hydrogen-bond donors (Lipinski definition) is 1. The summed E-state index contributed by atoms with van der Waals surface area (Å²) in [5.74, 6) is 0.342. The molecule has 0 aliphatic rings. The van der Waals surface area contributed by atoms with Crippen LogP contribution in [0.2, 0.25) is 10.3 Å². The Bertz CT molecular complexity index is 857. The summed E-state index contributed by atoms with van der Waals surface area (Å²) in [6, 6.07) is 12.7. The Morgan fingerprint density at radius 2 is 1.96 bits per heavy atom. The molecule has 23 heavy (non-hydrogen) atoms. The predicted octanol–water partition coefficient (Wildman–Crippen LogP) is 4.69. The van der Waals surface area contributed by atoms with Crippen LogP contribution in [0.1, 0.15) is 5.56 Å². The van der Waals surface area contributed by atoms with Crippen molar-refractivity contribution in [3.8, 4) is 0 Å². The van der Waals surface area contributed by atoms with E-state index in [1.165, 1.54) is 6.20 Å². The smallest absolute Gasteiger partial charge is 0.413 e. The van der Waals surface area contributed by atoms with Gasteiger partial charge in [0.1, 0.15) is 22.7 Å². The van der Waals surface area contributed by atoms with Crippen LogP contribution in [0.5, 0.6) is 0 Å². The summed E-state index contributed by atoms with van der Waals surface area (Å²) in [6.07, 6.45) is 0.931. The Hall–Kier alpha value is -2.37. The van der Waals surface area contributed by atoms with Crippen molar-refractivity contribution >= 4 is 45.9 Å². The monoisotopic (exact) mass is 347 g/mol. The third kappa shape index (κ3) is 3.88. The number of carbonyl (C=O) groups is 1. The zero-order valence-electron chi connectivity index (χ0n) is 11.8. The van der Waals surface area contributed by atoms with Gasteiger partial charge in [0.15, 0.2) is 0 Å². The molecule has 0 saturated heterocycles. The van der Waals surface area contributed by atoms with Crippen LogP contribution >= 0.6 is 23.2 Å². The number of nitrogens with one attached hydrogen (secondary N) is 1. The largest absolute Gasteiger partial charge is 0.444 e. The zero-order chi connectivity index (χ0) is 16.2. The van der Waals surface area contributed by atoms with Gasteiger partial charge < -0.3 is 4.74 Å². The molecule has 0 bridgehead atoms. The number of hydrogen-bond acceptors (Lipinski definition) is 4. The Balaban J connectivity index is 1.70. The van der Waals surface area contributed by atoms with Gasteiger partial charge >= 0.3 is 6.09 Å². The molecule has 0 unspecified atom stereocenters. The fraction of sp³-hybridized carbons (Fsp3) is 0.0625. The average Bonchev–Trinajstić information content (AvgIpc) is 2.53. The molecule has 1 aromatic carbocycles. The van der Waals surface area contributed by atoms with E-state index in [9.17, 15) is 4.79 Å². The SMILES string of the molecule is O=C(Nc1cc2cc(Cl)nc(Cl)c2cn1)OCc1ccccc1. The molecule has 0 atom stereocenters. The van der Waals surface area contributed by atoms with E-state index >= 15 is 0 Å². The second-order valence-corrected chi connectivity index (χ2v) is 5.46. The number of nitrogens with zero attached hydrogens (tertiary/aromatic N) is 2. The van der Waals surface area contributed by atoms with Crippen LogP contribution in [0, 0.1) is 0 Å². The highest BCUT2D eigenvalue weighted by atomic mass is 35.5. The molecule has 7 heteroatoms. The minimum Gasteiger partial charge on any atom is -0.444 e. The second-order valence-electron chi connectivity index (χ2n) is 4.71. The molecule has 5 nitrogen and oxygen atoms in total. The topological polar surface area (TPSA) is 64.1 Å². The van der Waals surface area contributed by atoms with E-state index in [0.717, 1.165) is 10.9 Å². The molecule has 2 heterocycles. The van der Waals surface area contributed by atoms with Gasteiger partial charge in [-0.25, -0.2) is 14.8 Å². The number of rotatable bonds is 3. The van der Waals surface area contributed by atoms with Crippen molar-refractivity contribution in [1.82, 2.24) is 9.97 Å². The molecule has 0 aliphatic carbocycles. The molecule has 1 N–H and O–H groups in total. The molecule has 0 fully saturated rings. The van der Waals surface area contributed by atoms with Crippen LogP contribution in [0.25, 0.3) is 10.8 Å². The lowest BCUT2D eigenvalue weighted by Gasteiger charge is -2.08. The summed E-state index contributed by atoms with van der Waals surface area (Å²) in [5.41, 5.74) is 0.902. The molecule has 0 saturated carbocycles. The fourth-order valence-corrected chi connectivity index (χ4v) is 2.50. The first-order valence-corrected chi connectivity index (χ1v) is 7.47. The standard InChI is InChI=1S/C16H11Cl2N3O2/c17-13-6-11-7-14(19-8-12(11)15(18)20-13)21-16(22)23-9-10-4-2-1-3-5-10/h1-8H,9H2,(H,19,21,22). The minimum absolute atomic E-state index is 0.182. The maximum Gasteiger partial charge on any atom is 0.413 e. The summed E-state index contributed by atoms with van der Waals surface area (Å²) in [5, 5.41) is 4.47. The number of amides is 1. The predicted molar refractivity (Wildman–Crippen MR) is 89.8 cm³/mol. The number of ether oxygens (including phenoxy) is 1. The van der Waals surface area contributed by atoms with Gasteiger partial charge in [-0.3, -0.25) is 5.32 Å². The molecule has 116 valence electrons. The van der Waals surface area contributed by atoms with Crippen molar-refractivity contribution in [3.63, 3.8) is 0 Å². The van der Waals surface area contributed by atoms with E-state index in [1.807, 2.05) is 30.3 Å². The highest BCUT2D eigenvalue weighted by molar-refractivity contribution is 6.36. The van der Waals surface area contributed by atoms with Crippen molar-refractivity contribution in [2.24, 2.45) is 0 Å². The number of pyridine rings is 2. The van der Waals surface area contributed by atoms with E-state index < -0.39 is 6.09 Å². The molecule has 0 radical (unpaired) electrons. The maximum absolute atomic E-state index is 11.8. The Kier molecular flexibility index (Phi) is 4.60. The van der Waals surface area contributed by atoms with Gasteiger partial charge in [0.2, 0.25) is 0 Å². The lowest BCUT2D eigenvalue weighted by atomic mass is 10.2. The number of anilines is 1. The van der Waals surface area contributed by atoms with Crippen LogP contribution in [-0.2, 0) is 11.3 Å². The van der Waals surface area contributed by atoms with Crippen LogP contribution in [0.4, 0.5) is 10.6 Å². The van der Waals surface area contributed by atoms with Gasteiger partial charge in [0, 0.05) is 11.6 Å². The third-order valence-corrected chi connectivity index (χ3v) is 3.56. The molecule has 1 amide bonds. The lowest BCUT2D eigenvalue weighted by Crippen LogP contribution is -2.14. The van der Waals surface area contributed by atoms with Gasteiger partial charge in [-0.2, -0.15) is 0 Å². The van der Waals surface area contributed by atoms with Crippen molar-refractivity contribution in [2.75, 3.05) is 5.32 Å². The van der Waals surface area contributed by atoms with Crippen LogP contribution in [0.3, 0.4) is 0 Å². The number of carbonyl (C=O) groups excluding carboxylic acids is 1. The normalized spacial score (nSPS) is 10.5. The Morgan fingerprint density at radius 3 is 2.74 bits per heavy atom. The summed E-state index contributed by atoms with van der Waals surface area (Å²) in [4.78, 5) is 19.9. The van der Waals surface area contributed by atoms with Crippen molar-refractivity contribution in [1.29, 1.82) is 0 Å². The number of halogens is 2. The fourth-order valence-electron chi connectivity index (χ4n) is 2.01. The van der Waals surface area contributed by atoms with Crippen LogP contribution in [0.15, 0.2) is 48.7 Å². The van der Waals surface area contributed by atoms with Crippen molar-refractivity contribution in [2.45, 2.75) is 6.61 Å².